The Kier molecular flexibility index (Phi) is 6.53. The van der Waals surface area contributed by atoms with Crippen LogP contribution in [0.5, 0.6) is 0 Å². The first-order valence-electron chi connectivity index (χ1n) is 11.6. The lowest BCUT2D eigenvalue weighted by atomic mass is 9.98. The molecule has 3 saturated heterocycles. The Hall–Kier alpha value is -1.71. The first-order valence-corrected chi connectivity index (χ1v) is 12.7. The number of rotatable bonds is 3. The molecule has 3 heterocycles. The first-order chi connectivity index (χ1) is 17.4. The Morgan fingerprint density at radius 2 is 0.806 bits per heavy atom. The number of ether oxygens (including phenoxy) is 6. The topological polar surface area (TPSA) is 55.4 Å². The number of hydrogen-bond donors (Lipinski definition) is 0. The predicted molar refractivity (Wildman–Crippen MR) is 133 cm³/mol. The molecular formula is C27H23Cl3O6. The summed E-state index contributed by atoms with van der Waals surface area (Å²) in [4.78, 5) is 0. The van der Waals surface area contributed by atoms with E-state index in [2.05, 4.69) is 0 Å². The van der Waals surface area contributed by atoms with E-state index in [-0.39, 0.29) is 13.2 Å². The van der Waals surface area contributed by atoms with Crippen molar-refractivity contribution in [2.75, 3.05) is 13.2 Å². The highest BCUT2D eigenvalue weighted by molar-refractivity contribution is 6.22. The molecular weight excluding hydrogens is 527 g/mol. The first kappa shape index (κ1) is 24.6. The summed E-state index contributed by atoms with van der Waals surface area (Å²) in [5, 5.41) is -4.80. The predicted octanol–water partition coefficient (Wildman–Crippen LogP) is 5.75. The van der Waals surface area contributed by atoms with Gasteiger partial charge in [-0.2, -0.15) is 0 Å². The largest absolute Gasteiger partial charge is 0.331 e. The quantitative estimate of drug-likeness (QED) is 0.388. The van der Waals surface area contributed by atoms with Gasteiger partial charge in [0.05, 0.1) is 13.2 Å². The lowest BCUT2D eigenvalue weighted by molar-refractivity contribution is -0.409. The zero-order valence-corrected chi connectivity index (χ0v) is 21.2. The SMILES string of the molecule is ClC1(c2ccccc2)OC[C@@H]2OC(Cl)(c3ccccc3)O[C@@H]3[C@H]2OC(Cl)(c2ccccc2)O[C@@H]3CO1. The Morgan fingerprint density at radius 3 is 1.17 bits per heavy atom. The van der Waals surface area contributed by atoms with Gasteiger partial charge in [0.1, 0.15) is 24.4 Å². The summed E-state index contributed by atoms with van der Waals surface area (Å²) in [6.07, 6.45) is -2.85. The molecule has 188 valence electrons. The Bertz CT molecular complexity index is 1110. The van der Waals surface area contributed by atoms with Crippen LogP contribution in [0.3, 0.4) is 0 Å². The summed E-state index contributed by atoms with van der Waals surface area (Å²) in [5.74, 6) is 0. The highest BCUT2D eigenvalue weighted by Gasteiger charge is 2.60. The van der Waals surface area contributed by atoms with E-state index >= 15 is 0 Å². The van der Waals surface area contributed by atoms with Gasteiger partial charge >= 0.3 is 0 Å². The molecule has 0 aliphatic carbocycles. The molecule has 3 aliphatic rings. The molecule has 0 radical (unpaired) electrons. The fraction of sp³-hybridized carbons (Fsp3) is 0.333. The molecule has 9 heteroatoms. The summed E-state index contributed by atoms with van der Waals surface area (Å²) in [7, 11) is 0. The van der Waals surface area contributed by atoms with Gasteiger partial charge in [0.25, 0.3) is 15.7 Å². The molecule has 0 N–H and O–H groups in total. The van der Waals surface area contributed by atoms with E-state index in [1.807, 2.05) is 91.0 Å². The minimum absolute atomic E-state index is 0.0152. The van der Waals surface area contributed by atoms with Gasteiger partial charge < -0.3 is 28.4 Å². The van der Waals surface area contributed by atoms with Crippen LogP contribution in [0.2, 0.25) is 0 Å². The van der Waals surface area contributed by atoms with Crippen LogP contribution in [0.15, 0.2) is 91.0 Å². The average Bonchev–Trinajstić information content (AvgIpc) is 2.94. The smallest absolute Gasteiger partial charge is 0.277 e. The lowest BCUT2D eigenvalue weighted by Gasteiger charge is -2.52. The summed E-state index contributed by atoms with van der Waals surface area (Å²) in [5.41, 5.74) is 1.87. The Balaban J connectivity index is 1.41. The second-order valence-corrected chi connectivity index (χ2v) is 10.3. The molecule has 6 rings (SSSR count). The third-order valence-electron chi connectivity index (χ3n) is 6.46. The van der Waals surface area contributed by atoms with Crippen molar-refractivity contribution < 1.29 is 28.4 Å². The van der Waals surface area contributed by atoms with Gasteiger partial charge in [-0.3, -0.25) is 0 Å². The van der Waals surface area contributed by atoms with Crippen molar-refractivity contribution in [1.29, 1.82) is 0 Å². The standard InChI is InChI=1S/C27H23Cl3O6/c28-25(18-10-4-1-5-11-18)31-16-21-24-23(35-26(29,33-21)19-12-6-2-7-13-19)22(17-32-25)34-27(30,36-24)20-14-8-3-9-15-20/h1-15,21-24H,16-17H2/t21-,22+,23-,24-,25?,26?,27?/m0/s1. The fourth-order valence-electron chi connectivity index (χ4n) is 4.67. The Morgan fingerprint density at radius 1 is 0.472 bits per heavy atom. The third-order valence-corrected chi connectivity index (χ3v) is 7.69. The van der Waals surface area contributed by atoms with Crippen molar-refractivity contribution >= 4 is 34.8 Å². The number of benzene rings is 3. The highest BCUT2D eigenvalue weighted by atomic mass is 35.5. The van der Waals surface area contributed by atoms with E-state index in [9.17, 15) is 0 Å². The molecule has 0 saturated carbocycles. The third kappa shape index (κ3) is 4.45. The second-order valence-electron chi connectivity index (χ2n) is 8.81. The van der Waals surface area contributed by atoms with Crippen LogP contribution in [-0.2, 0) is 44.2 Å². The van der Waals surface area contributed by atoms with Crippen LogP contribution in [0.1, 0.15) is 16.7 Å². The highest BCUT2D eigenvalue weighted by Crippen LogP contribution is 2.50. The van der Waals surface area contributed by atoms with Crippen molar-refractivity contribution in [2.24, 2.45) is 0 Å². The van der Waals surface area contributed by atoms with Crippen LogP contribution in [0.25, 0.3) is 0 Å². The van der Waals surface area contributed by atoms with Gasteiger partial charge in [-0.15, -0.1) is 0 Å². The molecule has 0 spiro atoms. The number of halogens is 3. The van der Waals surface area contributed by atoms with Gasteiger partial charge in [0.2, 0.25) is 0 Å². The van der Waals surface area contributed by atoms with Crippen molar-refractivity contribution in [3.8, 4) is 0 Å². The van der Waals surface area contributed by atoms with Crippen LogP contribution >= 0.6 is 34.8 Å². The molecule has 3 aromatic rings. The van der Waals surface area contributed by atoms with Crippen LogP contribution < -0.4 is 0 Å². The Labute approximate surface area is 223 Å². The van der Waals surface area contributed by atoms with Gasteiger partial charge in [-0.05, 0) is 0 Å². The maximum absolute atomic E-state index is 6.95. The fourth-order valence-corrected chi connectivity index (χ4v) is 5.61. The monoisotopic (exact) mass is 548 g/mol. The molecule has 6 nitrogen and oxygen atoms in total. The van der Waals surface area contributed by atoms with Crippen LogP contribution in [0.4, 0.5) is 0 Å². The van der Waals surface area contributed by atoms with Crippen molar-refractivity contribution in [2.45, 2.75) is 40.2 Å². The molecule has 0 amide bonds. The van der Waals surface area contributed by atoms with Gasteiger partial charge in [-0.1, -0.05) is 126 Å². The zero-order valence-electron chi connectivity index (χ0n) is 19.0. The number of alkyl halides is 3. The van der Waals surface area contributed by atoms with Gasteiger partial charge in [0, 0.05) is 16.7 Å². The van der Waals surface area contributed by atoms with Crippen molar-refractivity contribution in [3.05, 3.63) is 108 Å². The van der Waals surface area contributed by atoms with Crippen molar-refractivity contribution in [1.82, 2.24) is 0 Å². The zero-order chi connectivity index (χ0) is 24.8. The van der Waals surface area contributed by atoms with E-state index < -0.39 is 40.2 Å². The molecule has 4 bridgehead atoms. The average molecular weight is 550 g/mol. The van der Waals surface area contributed by atoms with E-state index in [0.717, 1.165) is 0 Å². The summed E-state index contributed by atoms with van der Waals surface area (Å²) in [6.45, 7) is -0.0304. The molecule has 0 aromatic heterocycles. The van der Waals surface area contributed by atoms with E-state index in [4.69, 9.17) is 63.2 Å². The van der Waals surface area contributed by atoms with E-state index in [0.29, 0.717) is 16.7 Å². The van der Waals surface area contributed by atoms with Gasteiger partial charge in [-0.25, -0.2) is 0 Å². The van der Waals surface area contributed by atoms with E-state index in [1.54, 1.807) is 0 Å². The minimum Gasteiger partial charge on any atom is -0.331 e. The molecule has 7 atom stereocenters. The molecule has 36 heavy (non-hydrogen) atoms. The normalized spacial score (nSPS) is 38.4. The maximum Gasteiger partial charge on any atom is 0.277 e. The molecule has 3 unspecified atom stereocenters. The van der Waals surface area contributed by atoms with Crippen LogP contribution in [-0.4, -0.2) is 37.6 Å². The summed E-state index contributed by atoms with van der Waals surface area (Å²) < 4.78 is 37.7. The van der Waals surface area contributed by atoms with Gasteiger partial charge in [0.15, 0.2) is 0 Å². The molecule has 3 aliphatic heterocycles. The molecule has 3 fully saturated rings. The number of hydrogen-bond acceptors (Lipinski definition) is 6. The van der Waals surface area contributed by atoms with E-state index in [1.165, 1.54) is 0 Å². The maximum atomic E-state index is 6.95. The van der Waals surface area contributed by atoms with Crippen LogP contribution in [0, 0.1) is 0 Å². The summed E-state index contributed by atoms with van der Waals surface area (Å²) in [6, 6.07) is 27.7. The second kappa shape index (κ2) is 9.55. The summed E-state index contributed by atoms with van der Waals surface area (Å²) >= 11 is 20.8. The van der Waals surface area contributed by atoms with Crippen molar-refractivity contribution in [3.63, 3.8) is 0 Å². The lowest BCUT2D eigenvalue weighted by Crippen LogP contribution is -2.65. The molecule has 3 aromatic carbocycles. The minimum atomic E-state index is -1.60.